The van der Waals surface area contributed by atoms with Gasteiger partial charge in [-0.05, 0) is 12.8 Å². The number of aldehydes is 1. The van der Waals surface area contributed by atoms with Crippen LogP contribution in [0.5, 0.6) is 0 Å². The molecule has 0 heterocycles. The van der Waals surface area contributed by atoms with Crippen molar-refractivity contribution in [1.82, 2.24) is 0 Å². The van der Waals surface area contributed by atoms with Gasteiger partial charge < -0.3 is 22.3 Å². The van der Waals surface area contributed by atoms with Crippen LogP contribution >= 0.6 is 15.6 Å². The average Bonchev–Trinajstić information content (AvgIpc) is 2.06. The van der Waals surface area contributed by atoms with E-state index in [1.165, 1.54) is 0 Å². The number of rotatable bonds is 9. The van der Waals surface area contributed by atoms with Crippen molar-refractivity contribution >= 4 is 67.4 Å². The summed E-state index contributed by atoms with van der Waals surface area (Å²) in [6.07, 6.45) is 2.78. The van der Waals surface area contributed by atoms with Crippen molar-refractivity contribution in [3.63, 3.8) is 0 Å². The molecule has 0 saturated heterocycles. The molecule has 0 saturated carbocycles. The Morgan fingerprint density at radius 1 is 1.12 bits per heavy atom. The first kappa shape index (κ1) is 20.7. The van der Waals surface area contributed by atoms with Crippen LogP contribution in [0.15, 0.2) is 0 Å². The average molecular weight is 366 g/mol. The molecule has 0 aromatic rings. The Bertz CT molecular complexity index is 312. The maximum absolute atomic E-state index is 10.9. The van der Waals surface area contributed by atoms with Crippen LogP contribution in [0.1, 0.15) is 28.5 Å². The molecule has 1 unspecified atom stereocenters. The van der Waals surface area contributed by atoms with Crippen molar-refractivity contribution in [3.05, 3.63) is 0 Å². The molecule has 3 N–H and O–H groups in total. The van der Waals surface area contributed by atoms with E-state index in [1.54, 1.807) is 0 Å². The normalized spacial score (nSPS) is 14.8. The molecule has 0 amide bonds. The largest absolute Gasteiger partial charge is 2.00 e. The summed E-state index contributed by atoms with van der Waals surface area (Å²) in [6, 6.07) is 0. The molecular formula is C6H16O8P2Sr. The second kappa shape index (κ2) is 10.2. The number of unbranched alkanes of at least 4 members (excludes halogenated alkanes) is 3. The third-order valence-corrected chi connectivity index (χ3v) is 3.62. The molecule has 0 aliphatic rings. The monoisotopic (exact) mass is 366 g/mol. The van der Waals surface area contributed by atoms with Gasteiger partial charge >= 0.3 is 61.1 Å². The Kier molecular flexibility index (Phi) is 12.5. The molecule has 0 aliphatic carbocycles. The molecule has 0 bridgehead atoms. The standard InChI is InChI=1S/C6H14O8P2.Sr.2H/c7-5-3-1-2-4-6-13-16(11,12)14-15(8,9)10;;;/h5H,1-4,6H2,(H,11,12)(H2,8,9,10);;;/q;+2;2*-1. The molecule has 0 aliphatic heterocycles. The minimum atomic E-state index is -5.04. The summed E-state index contributed by atoms with van der Waals surface area (Å²) < 4.78 is 29.0. The fourth-order valence-electron chi connectivity index (χ4n) is 0.844. The number of carbonyl (C=O) groups is 1. The summed E-state index contributed by atoms with van der Waals surface area (Å²) in [4.78, 5) is 35.3. The molecule has 100 valence electrons. The predicted octanol–water partition coefficient (Wildman–Crippen LogP) is 0.816. The molecule has 0 fully saturated rings. The Labute approximate surface area is 139 Å². The van der Waals surface area contributed by atoms with Gasteiger partial charge in [-0.15, -0.1) is 0 Å². The van der Waals surface area contributed by atoms with Crippen molar-refractivity contribution in [1.29, 1.82) is 0 Å². The van der Waals surface area contributed by atoms with E-state index in [0.717, 1.165) is 6.29 Å². The van der Waals surface area contributed by atoms with E-state index < -0.39 is 15.6 Å². The molecule has 0 spiro atoms. The molecular weight excluding hydrogens is 350 g/mol. The zero-order valence-corrected chi connectivity index (χ0v) is 14.4. The Morgan fingerprint density at radius 3 is 2.18 bits per heavy atom. The summed E-state index contributed by atoms with van der Waals surface area (Å²) in [5, 5.41) is 0. The van der Waals surface area contributed by atoms with Gasteiger partial charge in [-0.3, -0.25) is 4.52 Å². The smallest absolute Gasteiger partial charge is 1.00 e. The summed E-state index contributed by atoms with van der Waals surface area (Å²) >= 11 is 0. The summed E-state index contributed by atoms with van der Waals surface area (Å²) in [7, 11) is -9.74. The van der Waals surface area contributed by atoms with E-state index >= 15 is 0 Å². The molecule has 0 rings (SSSR count). The third-order valence-electron chi connectivity index (χ3n) is 1.43. The second-order valence-electron chi connectivity index (χ2n) is 2.89. The van der Waals surface area contributed by atoms with Gasteiger partial charge in [0.1, 0.15) is 6.29 Å². The van der Waals surface area contributed by atoms with Crippen molar-refractivity contribution in [2.24, 2.45) is 0 Å². The Balaban J connectivity index is -0.000000375. The quantitative estimate of drug-likeness (QED) is 0.237. The summed E-state index contributed by atoms with van der Waals surface area (Å²) in [6.45, 7) is -0.174. The number of phosphoric acid groups is 2. The van der Waals surface area contributed by atoms with Crippen LogP contribution < -0.4 is 0 Å². The molecule has 11 heteroatoms. The van der Waals surface area contributed by atoms with Gasteiger partial charge in [-0.2, -0.15) is 4.31 Å². The second-order valence-corrected chi connectivity index (χ2v) is 5.72. The maximum atomic E-state index is 10.9. The molecule has 0 radical (unpaired) electrons. The van der Waals surface area contributed by atoms with E-state index in [1.807, 2.05) is 0 Å². The van der Waals surface area contributed by atoms with Crippen LogP contribution in [0, 0.1) is 0 Å². The van der Waals surface area contributed by atoms with Crippen molar-refractivity contribution in [2.75, 3.05) is 6.61 Å². The van der Waals surface area contributed by atoms with Crippen LogP contribution in [-0.4, -0.2) is 73.1 Å². The predicted molar refractivity (Wildman–Crippen MR) is 61.4 cm³/mol. The van der Waals surface area contributed by atoms with Crippen molar-refractivity contribution in [2.45, 2.75) is 25.7 Å². The zero-order valence-electron chi connectivity index (χ0n) is 11.1. The number of hydrogen-bond acceptors (Lipinski definition) is 5. The minimum absolute atomic E-state index is 0. The number of carbonyl (C=O) groups excluding carboxylic acids is 1. The maximum Gasteiger partial charge on any atom is 2.00 e. The van der Waals surface area contributed by atoms with E-state index in [0.29, 0.717) is 25.7 Å². The first-order valence-corrected chi connectivity index (χ1v) is 7.47. The van der Waals surface area contributed by atoms with Crippen LogP contribution in [-0.2, 0) is 22.8 Å². The van der Waals surface area contributed by atoms with Gasteiger partial charge in [-0.25, -0.2) is 9.13 Å². The van der Waals surface area contributed by atoms with E-state index in [9.17, 15) is 13.9 Å². The van der Waals surface area contributed by atoms with E-state index in [2.05, 4.69) is 8.83 Å². The van der Waals surface area contributed by atoms with Gasteiger partial charge in [-0.1, -0.05) is 6.42 Å². The Morgan fingerprint density at radius 2 is 1.71 bits per heavy atom. The molecule has 1 atom stereocenters. The Hall–Kier alpha value is 1.41. The van der Waals surface area contributed by atoms with Crippen molar-refractivity contribution < 1.29 is 40.3 Å². The van der Waals surface area contributed by atoms with Gasteiger partial charge in [0.25, 0.3) is 0 Å². The summed E-state index contributed by atoms with van der Waals surface area (Å²) in [5.41, 5.74) is 0. The van der Waals surface area contributed by atoms with Gasteiger partial charge in [0.15, 0.2) is 0 Å². The minimum Gasteiger partial charge on any atom is -1.00 e. The molecule has 8 nitrogen and oxygen atoms in total. The fourth-order valence-corrected chi connectivity index (χ4v) is 2.47. The fraction of sp³-hybridized carbons (Fsp3) is 0.833. The topological polar surface area (TPSA) is 130 Å². The van der Waals surface area contributed by atoms with Gasteiger partial charge in [0.05, 0.1) is 6.61 Å². The van der Waals surface area contributed by atoms with Gasteiger partial charge in [0.2, 0.25) is 0 Å². The molecule has 0 aromatic heterocycles. The molecule has 0 aromatic carbocycles. The van der Waals surface area contributed by atoms with Crippen LogP contribution in [0.25, 0.3) is 0 Å². The van der Waals surface area contributed by atoms with Gasteiger partial charge in [0, 0.05) is 6.42 Å². The number of phosphoric ester groups is 1. The first-order valence-electron chi connectivity index (χ1n) is 4.45. The number of hydrogen-bond donors (Lipinski definition) is 3. The zero-order chi connectivity index (χ0) is 12.7. The third kappa shape index (κ3) is 15.4. The van der Waals surface area contributed by atoms with E-state index in [-0.39, 0.29) is 54.9 Å². The van der Waals surface area contributed by atoms with Crippen LogP contribution in [0.3, 0.4) is 0 Å². The first-order chi connectivity index (χ1) is 7.27. The van der Waals surface area contributed by atoms with Crippen molar-refractivity contribution in [3.8, 4) is 0 Å². The SMILES string of the molecule is O=CCCCCCOP(=O)(O)OP(=O)(O)O.[H-].[H-].[Sr+2]. The molecule has 17 heavy (non-hydrogen) atoms. The van der Waals surface area contributed by atoms with E-state index in [4.69, 9.17) is 14.7 Å². The van der Waals surface area contributed by atoms with Crippen LogP contribution in [0.4, 0.5) is 0 Å². The van der Waals surface area contributed by atoms with Crippen LogP contribution in [0.2, 0.25) is 0 Å². The summed E-state index contributed by atoms with van der Waals surface area (Å²) in [5.74, 6) is 0.